The fourth-order valence-corrected chi connectivity index (χ4v) is 2.34. The number of amides is 2. The van der Waals surface area contributed by atoms with Gasteiger partial charge in [0.1, 0.15) is 5.82 Å². The van der Waals surface area contributed by atoms with Crippen LogP contribution in [0, 0.1) is 5.82 Å². The molecule has 0 saturated carbocycles. The van der Waals surface area contributed by atoms with Gasteiger partial charge in [-0.3, -0.25) is 9.59 Å². The molecule has 5 heteroatoms. The van der Waals surface area contributed by atoms with Crippen molar-refractivity contribution in [2.24, 2.45) is 0 Å². The Morgan fingerprint density at radius 2 is 2.10 bits per heavy atom. The molecular weight excluding hydrogens is 259 g/mol. The van der Waals surface area contributed by atoms with E-state index in [2.05, 4.69) is 5.32 Å². The maximum Gasteiger partial charge on any atom is 0.222 e. The van der Waals surface area contributed by atoms with Crippen LogP contribution in [0.15, 0.2) is 24.3 Å². The molecule has 1 fully saturated rings. The minimum atomic E-state index is -0.270. The molecule has 4 nitrogen and oxygen atoms in total. The highest BCUT2D eigenvalue weighted by atomic mass is 19.1. The predicted molar refractivity (Wildman–Crippen MR) is 73.5 cm³/mol. The number of nitrogens with one attached hydrogen (secondary N) is 1. The molecule has 1 saturated heterocycles. The lowest BCUT2D eigenvalue weighted by Gasteiger charge is -2.30. The number of rotatable bonds is 4. The smallest absolute Gasteiger partial charge is 0.222 e. The summed E-state index contributed by atoms with van der Waals surface area (Å²) in [7, 11) is 1.75. The Morgan fingerprint density at radius 3 is 2.75 bits per heavy atom. The molecule has 0 aromatic heterocycles. The number of hydrogen-bond donors (Lipinski definition) is 1. The third-order valence-electron chi connectivity index (χ3n) is 3.55. The predicted octanol–water partition coefficient (Wildman–Crippen LogP) is 1.50. The van der Waals surface area contributed by atoms with Crippen molar-refractivity contribution in [3.8, 4) is 0 Å². The molecule has 108 valence electrons. The topological polar surface area (TPSA) is 49.4 Å². The normalized spacial score (nSPS) is 19.0. The number of nitrogens with zero attached hydrogens (tertiary/aromatic N) is 1. The number of likely N-dealkylation sites (N-methyl/N-ethyl adjacent to an activating group) is 1. The van der Waals surface area contributed by atoms with E-state index in [0.717, 1.165) is 5.56 Å². The molecule has 1 unspecified atom stereocenters. The summed E-state index contributed by atoms with van der Waals surface area (Å²) >= 11 is 0. The van der Waals surface area contributed by atoms with Crippen LogP contribution in [0.3, 0.4) is 0 Å². The van der Waals surface area contributed by atoms with Crippen molar-refractivity contribution in [3.05, 3.63) is 35.6 Å². The molecule has 1 heterocycles. The number of benzene rings is 1. The minimum Gasteiger partial charge on any atom is -0.352 e. The van der Waals surface area contributed by atoms with Crippen LogP contribution < -0.4 is 5.32 Å². The zero-order chi connectivity index (χ0) is 14.5. The zero-order valence-corrected chi connectivity index (χ0v) is 11.6. The van der Waals surface area contributed by atoms with Crippen LogP contribution >= 0.6 is 0 Å². The number of aryl methyl sites for hydroxylation is 1. The van der Waals surface area contributed by atoms with E-state index in [1.54, 1.807) is 24.1 Å². The van der Waals surface area contributed by atoms with Gasteiger partial charge in [-0.05, 0) is 30.5 Å². The maximum atomic E-state index is 12.8. The van der Waals surface area contributed by atoms with Crippen LogP contribution in [0.2, 0.25) is 0 Å². The second-order valence-electron chi connectivity index (χ2n) is 5.20. The van der Waals surface area contributed by atoms with Gasteiger partial charge in [0, 0.05) is 32.5 Å². The molecule has 1 aliphatic rings. The number of carbonyl (C=O) groups is 2. The fraction of sp³-hybridized carbons (Fsp3) is 0.467. The molecule has 1 aliphatic heterocycles. The molecule has 1 aromatic carbocycles. The van der Waals surface area contributed by atoms with E-state index in [1.807, 2.05) is 0 Å². The van der Waals surface area contributed by atoms with Crippen LogP contribution in [0.25, 0.3) is 0 Å². The van der Waals surface area contributed by atoms with Crippen LogP contribution in [-0.2, 0) is 16.0 Å². The molecule has 1 N–H and O–H groups in total. The van der Waals surface area contributed by atoms with E-state index in [9.17, 15) is 14.0 Å². The third-order valence-corrected chi connectivity index (χ3v) is 3.55. The number of likely N-dealkylation sites (tertiary alicyclic amines) is 1. The van der Waals surface area contributed by atoms with E-state index < -0.39 is 0 Å². The lowest BCUT2D eigenvalue weighted by molar-refractivity contribution is -0.134. The van der Waals surface area contributed by atoms with Crippen LogP contribution in [-0.4, -0.2) is 36.3 Å². The molecule has 2 amide bonds. The van der Waals surface area contributed by atoms with Crippen LogP contribution in [0.1, 0.15) is 24.8 Å². The third kappa shape index (κ3) is 4.05. The number of piperidine rings is 1. The molecule has 0 bridgehead atoms. The highest BCUT2D eigenvalue weighted by Crippen LogP contribution is 2.10. The summed E-state index contributed by atoms with van der Waals surface area (Å²) in [6, 6.07) is 6.22. The SMILES string of the molecule is CN1CC(NC(=O)CCc2ccc(F)cc2)CCC1=O. The minimum absolute atomic E-state index is 0.0259. The summed E-state index contributed by atoms with van der Waals surface area (Å²) in [5.41, 5.74) is 0.942. The van der Waals surface area contributed by atoms with E-state index in [0.29, 0.717) is 32.2 Å². The Hall–Kier alpha value is -1.91. The number of halogens is 1. The monoisotopic (exact) mass is 278 g/mol. The van der Waals surface area contributed by atoms with Gasteiger partial charge in [-0.1, -0.05) is 12.1 Å². The first kappa shape index (κ1) is 14.5. The van der Waals surface area contributed by atoms with Crippen molar-refractivity contribution in [1.82, 2.24) is 10.2 Å². The lowest BCUT2D eigenvalue weighted by atomic mass is 10.0. The summed E-state index contributed by atoms with van der Waals surface area (Å²) in [6.45, 7) is 0.571. The van der Waals surface area contributed by atoms with Crippen molar-refractivity contribution in [2.75, 3.05) is 13.6 Å². The van der Waals surface area contributed by atoms with Gasteiger partial charge in [0.2, 0.25) is 11.8 Å². The Kier molecular flexibility index (Phi) is 4.71. The highest BCUT2D eigenvalue weighted by molar-refractivity contribution is 5.79. The maximum absolute atomic E-state index is 12.8. The summed E-state index contributed by atoms with van der Waals surface area (Å²) in [5.74, 6) is -0.169. The largest absolute Gasteiger partial charge is 0.352 e. The highest BCUT2D eigenvalue weighted by Gasteiger charge is 2.23. The van der Waals surface area contributed by atoms with Gasteiger partial charge in [-0.2, -0.15) is 0 Å². The molecule has 0 radical (unpaired) electrons. The average molecular weight is 278 g/mol. The van der Waals surface area contributed by atoms with E-state index >= 15 is 0 Å². The standard InChI is InChI=1S/C15H19FN2O2/c1-18-10-13(7-9-15(18)20)17-14(19)8-4-11-2-5-12(16)6-3-11/h2-3,5-6,13H,4,7-10H2,1H3,(H,17,19). The van der Waals surface area contributed by atoms with Crippen LogP contribution in [0.4, 0.5) is 4.39 Å². The summed E-state index contributed by atoms with van der Waals surface area (Å²) in [4.78, 5) is 24.8. The fourth-order valence-electron chi connectivity index (χ4n) is 2.34. The molecule has 0 spiro atoms. The van der Waals surface area contributed by atoms with Gasteiger partial charge in [-0.15, -0.1) is 0 Å². The first-order chi connectivity index (χ1) is 9.54. The van der Waals surface area contributed by atoms with E-state index in [1.165, 1.54) is 12.1 Å². The summed E-state index contributed by atoms with van der Waals surface area (Å²) in [5, 5.41) is 2.94. The van der Waals surface area contributed by atoms with Gasteiger partial charge < -0.3 is 10.2 Å². The van der Waals surface area contributed by atoms with Crippen molar-refractivity contribution in [3.63, 3.8) is 0 Å². The van der Waals surface area contributed by atoms with Gasteiger partial charge in [0.25, 0.3) is 0 Å². The van der Waals surface area contributed by atoms with Gasteiger partial charge in [0.05, 0.1) is 0 Å². The second-order valence-corrected chi connectivity index (χ2v) is 5.20. The molecule has 2 rings (SSSR count). The number of hydrogen-bond acceptors (Lipinski definition) is 2. The van der Waals surface area contributed by atoms with Crippen molar-refractivity contribution in [1.29, 1.82) is 0 Å². The Balaban J connectivity index is 1.75. The lowest BCUT2D eigenvalue weighted by Crippen LogP contribution is -2.48. The van der Waals surface area contributed by atoms with Crippen LogP contribution in [0.5, 0.6) is 0 Å². The first-order valence-electron chi connectivity index (χ1n) is 6.82. The molecule has 0 aliphatic carbocycles. The average Bonchev–Trinajstić information content (AvgIpc) is 2.42. The molecule has 1 aromatic rings. The van der Waals surface area contributed by atoms with Gasteiger partial charge in [-0.25, -0.2) is 4.39 Å². The number of carbonyl (C=O) groups excluding carboxylic acids is 2. The van der Waals surface area contributed by atoms with Crippen molar-refractivity contribution < 1.29 is 14.0 Å². The Labute approximate surface area is 118 Å². The van der Waals surface area contributed by atoms with E-state index in [4.69, 9.17) is 0 Å². The van der Waals surface area contributed by atoms with Crippen molar-refractivity contribution >= 4 is 11.8 Å². The Morgan fingerprint density at radius 1 is 1.40 bits per heavy atom. The van der Waals surface area contributed by atoms with E-state index in [-0.39, 0.29) is 23.7 Å². The molecule has 1 atom stereocenters. The second kappa shape index (κ2) is 6.50. The molecule has 20 heavy (non-hydrogen) atoms. The van der Waals surface area contributed by atoms with Gasteiger partial charge in [0.15, 0.2) is 0 Å². The summed E-state index contributed by atoms with van der Waals surface area (Å²) < 4.78 is 12.8. The molecular formula is C15H19FN2O2. The Bertz CT molecular complexity index is 487. The van der Waals surface area contributed by atoms with Crippen molar-refractivity contribution in [2.45, 2.75) is 31.7 Å². The zero-order valence-electron chi connectivity index (χ0n) is 11.6. The quantitative estimate of drug-likeness (QED) is 0.907. The summed E-state index contributed by atoms with van der Waals surface area (Å²) in [6.07, 6.45) is 2.15. The first-order valence-corrected chi connectivity index (χ1v) is 6.82. The van der Waals surface area contributed by atoms with Gasteiger partial charge >= 0.3 is 0 Å².